The Hall–Kier alpha value is -0.820. The monoisotopic (exact) mass is 285 g/mol. The summed E-state index contributed by atoms with van der Waals surface area (Å²) in [4.78, 5) is 0. The van der Waals surface area contributed by atoms with Crippen LogP contribution < -0.4 is 5.73 Å². The zero-order valence-electron chi connectivity index (χ0n) is 13.9. The standard InChI is InChI=1S/C20H31N/c1-20(2,3)17-10-11-19(21)18(13-17)16-9-5-8-15(12-16)14-6-4-7-14/h5,8-9,12,14,17-19H,4,6-7,10-11,13,21H2,1-3H3. The number of nitrogens with two attached hydrogens (primary N) is 1. The van der Waals surface area contributed by atoms with Crippen molar-refractivity contribution in [1.82, 2.24) is 0 Å². The Kier molecular flexibility index (Phi) is 4.14. The average molecular weight is 285 g/mol. The molecule has 2 aliphatic carbocycles. The molecule has 0 heterocycles. The average Bonchev–Trinajstić information content (AvgIpc) is 2.36. The summed E-state index contributed by atoms with van der Waals surface area (Å²) >= 11 is 0. The van der Waals surface area contributed by atoms with Gasteiger partial charge in [-0.15, -0.1) is 0 Å². The smallest absolute Gasteiger partial charge is 0.0108 e. The van der Waals surface area contributed by atoms with E-state index in [0.29, 0.717) is 17.4 Å². The normalized spacial score (nSPS) is 31.0. The highest BCUT2D eigenvalue weighted by molar-refractivity contribution is 5.31. The fourth-order valence-corrected chi connectivity index (χ4v) is 4.15. The summed E-state index contributed by atoms with van der Waals surface area (Å²) in [6.45, 7) is 7.16. The van der Waals surface area contributed by atoms with Crippen LogP contribution >= 0.6 is 0 Å². The van der Waals surface area contributed by atoms with E-state index in [2.05, 4.69) is 45.0 Å². The van der Waals surface area contributed by atoms with E-state index < -0.39 is 0 Å². The van der Waals surface area contributed by atoms with Crippen molar-refractivity contribution in [3.63, 3.8) is 0 Å². The highest BCUT2D eigenvalue weighted by Crippen LogP contribution is 2.44. The lowest BCUT2D eigenvalue weighted by molar-refractivity contribution is 0.154. The summed E-state index contributed by atoms with van der Waals surface area (Å²) in [6, 6.07) is 9.72. The summed E-state index contributed by atoms with van der Waals surface area (Å²) in [7, 11) is 0. The Morgan fingerprint density at radius 1 is 1.00 bits per heavy atom. The van der Waals surface area contributed by atoms with Crippen LogP contribution in [-0.4, -0.2) is 6.04 Å². The molecule has 3 atom stereocenters. The van der Waals surface area contributed by atoms with Gasteiger partial charge in [0.2, 0.25) is 0 Å². The van der Waals surface area contributed by atoms with E-state index in [4.69, 9.17) is 5.73 Å². The van der Waals surface area contributed by atoms with Crippen LogP contribution in [0.5, 0.6) is 0 Å². The van der Waals surface area contributed by atoms with Crippen molar-refractivity contribution in [3.05, 3.63) is 35.4 Å². The molecule has 2 N–H and O–H groups in total. The van der Waals surface area contributed by atoms with Crippen molar-refractivity contribution in [2.24, 2.45) is 17.1 Å². The molecule has 2 fully saturated rings. The zero-order chi connectivity index (χ0) is 15.0. The van der Waals surface area contributed by atoms with Gasteiger partial charge in [-0.3, -0.25) is 0 Å². The number of hydrogen-bond donors (Lipinski definition) is 1. The predicted octanol–water partition coefficient (Wildman–Crippen LogP) is 5.21. The number of benzene rings is 1. The molecule has 3 rings (SSSR count). The number of hydrogen-bond acceptors (Lipinski definition) is 1. The van der Waals surface area contributed by atoms with E-state index in [9.17, 15) is 0 Å². The lowest BCUT2D eigenvalue weighted by Gasteiger charge is -2.41. The van der Waals surface area contributed by atoms with Crippen LogP contribution in [0.4, 0.5) is 0 Å². The fraction of sp³-hybridized carbons (Fsp3) is 0.700. The summed E-state index contributed by atoms with van der Waals surface area (Å²) in [5, 5.41) is 0. The molecule has 0 bridgehead atoms. The minimum atomic E-state index is 0.347. The minimum Gasteiger partial charge on any atom is -0.327 e. The first kappa shape index (κ1) is 15.1. The van der Waals surface area contributed by atoms with Gasteiger partial charge in [-0.05, 0) is 66.4 Å². The van der Waals surface area contributed by atoms with E-state index in [1.54, 1.807) is 5.56 Å². The Morgan fingerprint density at radius 3 is 2.33 bits per heavy atom. The maximum Gasteiger partial charge on any atom is 0.0108 e. The lowest BCUT2D eigenvalue weighted by Crippen LogP contribution is -2.38. The van der Waals surface area contributed by atoms with E-state index in [-0.39, 0.29) is 0 Å². The van der Waals surface area contributed by atoms with Gasteiger partial charge in [0.15, 0.2) is 0 Å². The van der Waals surface area contributed by atoms with Crippen molar-refractivity contribution in [2.45, 2.75) is 77.2 Å². The Balaban J connectivity index is 1.80. The van der Waals surface area contributed by atoms with E-state index in [0.717, 1.165) is 11.8 Å². The van der Waals surface area contributed by atoms with Crippen LogP contribution in [0.15, 0.2) is 24.3 Å². The van der Waals surface area contributed by atoms with Crippen LogP contribution in [0.25, 0.3) is 0 Å². The van der Waals surface area contributed by atoms with E-state index in [1.165, 1.54) is 44.1 Å². The van der Waals surface area contributed by atoms with Crippen LogP contribution in [-0.2, 0) is 0 Å². The van der Waals surface area contributed by atoms with Crippen molar-refractivity contribution in [3.8, 4) is 0 Å². The molecule has 1 nitrogen and oxygen atoms in total. The molecule has 0 radical (unpaired) electrons. The summed E-state index contributed by atoms with van der Waals surface area (Å²) in [5.41, 5.74) is 9.96. The molecule has 116 valence electrons. The molecule has 0 amide bonds. The van der Waals surface area contributed by atoms with Crippen LogP contribution in [0, 0.1) is 11.3 Å². The van der Waals surface area contributed by atoms with Gasteiger partial charge in [-0.2, -0.15) is 0 Å². The molecule has 1 aromatic carbocycles. The molecule has 1 heteroatoms. The Morgan fingerprint density at radius 2 is 1.71 bits per heavy atom. The Bertz CT molecular complexity index is 481. The van der Waals surface area contributed by atoms with Gasteiger partial charge in [0.05, 0.1) is 0 Å². The third-order valence-electron chi connectivity index (χ3n) is 6.04. The highest BCUT2D eigenvalue weighted by atomic mass is 14.7. The molecular weight excluding hydrogens is 254 g/mol. The molecule has 21 heavy (non-hydrogen) atoms. The third-order valence-corrected chi connectivity index (χ3v) is 6.04. The topological polar surface area (TPSA) is 26.0 Å². The zero-order valence-corrected chi connectivity index (χ0v) is 13.9. The maximum atomic E-state index is 6.49. The largest absolute Gasteiger partial charge is 0.327 e. The molecule has 0 aliphatic heterocycles. The second-order valence-electron chi connectivity index (χ2n) is 8.44. The van der Waals surface area contributed by atoms with Gasteiger partial charge in [-0.1, -0.05) is 51.5 Å². The molecule has 1 aromatic rings. The summed E-state index contributed by atoms with van der Waals surface area (Å²) in [6.07, 6.45) is 7.90. The van der Waals surface area contributed by atoms with Crippen LogP contribution in [0.3, 0.4) is 0 Å². The van der Waals surface area contributed by atoms with Crippen molar-refractivity contribution in [2.75, 3.05) is 0 Å². The molecule has 2 saturated carbocycles. The molecule has 0 aromatic heterocycles. The van der Waals surface area contributed by atoms with Gasteiger partial charge in [0.25, 0.3) is 0 Å². The molecule has 0 saturated heterocycles. The van der Waals surface area contributed by atoms with Crippen molar-refractivity contribution in [1.29, 1.82) is 0 Å². The van der Waals surface area contributed by atoms with Gasteiger partial charge in [0.1, 0.15) is 0 Å². The molecule has 0 spiro atoms. The van der Waals surface area contributed by atoms with Crippen LogP contribution in [0.1, 0.15) is 82.3 Å². The van der Waals surface area contributed by atoms with Crippen molar-refractivity contribution >= 4 is 0 Å². The van der Waals surface area contributed by atoms with E-state index in [1.807, 2.05) is 0 Å². The van der Waals surface area contributed by atoms with Crippen molar-refractivity contribution < 1.29 is 0 Å². The minimum absolute atomic E-state index is 0.347. The second-order valence-corrected chi connectivity index (χ2v) is 8.44. The SMILES string of the molecule is CC(C)(C)C1CCC(N)C(c2cccc(C3CCC3)c2)C1. The van der Waals surface area contributed by atoms with E-state index >= 15 is 0 Å². The highest BCUT2D eigenvalue weighted by Gasteiger charge is 2.35. The second kappa shape index (κ2) is 5.76. The first-order chi connectivity index (χ1) is 9.95. The van der Waals surface area contributed by atoms with Gasteiger partial charge < -0.3 is 5.73 Å². The molecule has 3 unspecified atom stereocenters. The predicted molar refractivity (Wildman–Crippen MR) is 90.5 cm³/mol. The van der Waals surface area contributed by atoms with Gasteiger partial charge >= 0.3 is 0 Å². The molecule has 2 aliphatic rings. The maximum absolute atomic E-state index is 6.49. The fourth-order valence-electron chi connectivity index (χ4n) is 4.15. The molecular formula is C20H31N. The van der Waals surface area contributed by atoms with Gasteiger partial charge in [-0.25, -0.2) is 0 Å². The lowest BCUT2D eigenvalue weighted by atomic mass is 9.66. The van der Waals surface area contributed by atoms with Crippen LogP contribution in [0.2, 0.25) is 0 Å². The summed E-state index contributed by atoms with van der Waals surface area (Å²) < 4.78 is 0. The quantitative estimate of drug-likeness (QED) is 0.793. The first-order valence-corrected chi connectivity index (χ1v) is 8.80. The number of rotatable bonds is 2. The first-order valence-electron chi connectivity index (χ1n) is 8.80. The van der Waals surface area contributed by atoms with Gasteiger partial charge in [0, 0.05) is 6.04 Å². The summed E-state index contributed by atoms with van der Waals surface area (Å²) in [5.74, 6) is 2.18. The third kappa shape index (κ3) is 3.18. The Labute approximate surface area is 130 Å².